The van der Waals surface area contributed by atoms with Gasteiger partial charge in [0.25, 0.3) is 5.56 Å². The maximum atomic E-state index is 12.0. The predicted molar refractivity (Wildman–Crippen MR) is 75.2 cm³/mol. The number of rotatable bonds is 3. The van der Waals surface area contributed by atoms with Crippen molar-refractivity contribution in [3.05, 3.63) is 26.6 Å². The van der Waals surface area contributed by atoms with Crippen LogP contribution in [0.2, 0.25) is 0 Å². The fourth-order valence-corrected chi connectivity index (χ4v) is 2.93. The molecule has 1 N–H and O–H groups in total. The van der Waals surface area contributed by atoms with Gasteiger partial charge in [0.15, 0.2) is 0 Å². The van der Waals surface area contributed by atoms with Crippen molar-refractivity contribution in [2.75, 3.05) is 6.61 Å². The van der Waals surface area contributed by atoms with Gasteiger partial charge in [-0.15, -0.1) is 22.9 Å². The number of alkyl halides is 1. The zero-order valence-electron chi connectivity index (χ0n) is 10.7. The molecule has 0 radical (unpaired) electrons. The van der Waals surface area contributed by atoms with Gasteiger partial charge in [0.05, 0.1) is 17.4 Å². The number of fused-ring (bicyclic) bond motifs is 1. The lowest BCUT2D eigenvalue weighted by molar-refractivity contribution is 0.0531. The molecule has 7 heteroatoms. The molecule has 0 aliphatic carbocycles. The Kier molecular flexibility index (Phi) is 3.91. The second-order valence-corrected chi connectivity index (χ2v) is 5.68. The number of nitrogens with one attached hydrogen (secondary N) is 1. The van der Waals surface area contributed by atoms with E-state index < -0.39 is 11.3 Å². The number of aromatic nitrogens is 2. The van der Waals surface area contributed by atoms with Crippen molar-refractivity contribution in [1.82, 2.24) is 9.97 Å². The van der Waals surface area contributed by atoms with Gasteiger partial charge in [-0.1, -0.05) is 0 Å². The Hall–Kier alpha value is -1.40. The van der Waals surface area contributed by atoms with Crippen LogP contribution in [0, 0.1) is 6.92 Å². The van der Waals surface area contributed by atoms with E-state index in [1.165, 1.54) is 0 Å². The molecule has 0 aliphatic rings. The smallest absolute Gasteiger partial charge is 0.348 e. The van der Waals surface area contributed by atoms with E-state index in [0.717, 1.165) is 11.3 Å². The number of H-pyrrole nitrogens is 1. The zero-order valence-corrected chi connectivity index (χ0v) is 12.3. The van der Waals surface area contributed by atoms with Crippen LogP contribution in [-0.2, 0) is 4.74 Å². The third-order valence-corrected chi connectivity index (χ3v) is 4.03. The number of hydrogen-bond acceptors (Lipinski definition) is 5. The topological polar surface area (TPSA) is 72.0 Å². The second kappa shape index (κ2) is 5.30. The molecule has 0 fully saturated rings. The quantitative estimate of drug-likeness (QED) is 0.699. The number of thiophene rings is 1. The summed E-state index contributed by atoms with van der Waals surface area (Å²) in [6.45, 7) is 5.46. The Morgan fingerprint density at radius 1 is 1.58 bits per heavy atom. The highest BCUT2D eigenvalue weighted by Gasteiger charge is 2.20. The Bertz CT molecular complexity index is 690. The van der Waals surface area contributed by atoms with E-state index in [1.54, 1.807) is 20.8 Å². The molecule has 2 heterocycles. The summed E-state index contributed by atoms with van der Waals surface area (Å²) in [6, 6.07) is 0. The van der Waals surface area contributed by atoms with Crippen molar-refractivity contribution < 1.29 is 9.53 Å². The number of halogens is 1. The molecule has 0 bridgehead atoms. The molecule has 5 nitrogen and oxygen atoms in total. The van der Waals surface area contributed by atoms with Crippen molar-refractivity contribution in [2.24, 2.45) is 0 Å². The van der Waals surface area contributed by atoms with Crippen LogP contribution in [0.1, 0.15) is 40.3 Å². The van der Waals surface area contributed by atoms with E-state index in [2.05, 4.69) is 9.97 Å². The van der Waals surface area contributed by atoms with Gasteiger partial charge in [-0.05, 0) is 26.3 Å². The van der Waals surface area contributed by atoms with Gasteiger partial charge in [-0.3, -0.25) is 4.79 Å². The van der Waals surface area contributed by atoms with Crippen LogP contribution >= 0.6 is 22.9 Å². The normalized spacial score (nSPS) is 12.6. The standard InChI is InChI=1S/C12H13ClN2O3S/c1-4-18-12(17)8-5(2)7-10(16)14-9(6(3)13)15-11(7)19-8/h6H,4H2,1-3H3,(H,14,15,16)/t6-/m0/s1. The number of aromatic amines is 1. The summed E-state index contributed by atoms with van der Waals surface area (Å²) in [7, 11) is 0. The van der Waals surface area contributed by atoms with Crippen LogP contribution in [0.3, 0.4) is 0 Å². The maximum Gasteiger partial charge on any atom is 0.348 e. The molecule has 0 aliphatic heterocycles. The lowest BCUT2D eigenvalue weighted by Gasteiger charge is -2.01. The first-order valence-corrected chi connectivity index (χ1v) is 7.05. The van der Waals surface area contributed by atoms with Gasteiger partial charge in [0.1, 0.15) is 15.5 Å². The van der Waals surface area contributed by atoms with Crippen LogP contribution in [0.4, 0.5) is 0 Å². The van der Waals surface area contributed by atoms with Crippen molar-refractivity contribution in [2.45, 2.75) is 26.1 Å². The van der Waals surface area contributed by atoms with Gasteiger partial charge >= 0.3 is 5.97 Å². The number of hydrogen-bond donors (Lipinski definition) is 1. The van der Waals surface area contributed by atoms with Crippen LogP contribution in [0.5, 0.6) is 0 Å². The second-order valence-electron chi connectivity index (χ2n) is 4.02. The van der Waals surface area contributed by atoms with E-state index >= 15 is 0 Å². The lowest BCUT2D eigenvalue weighted by atomic mass is 10.2. The van der Waals surface area contributed by atoms with Crippen molar-refractivity contribution in [1.29, 1.82) is 0 Å². The molecule has 102 valence electrons. The molecule has 0 saturated heterocycles. The van der Waals surface area contributed by atoms with E-state index in [-0.39, 0.29) is 5.56 Å². The minimum Gasteiger partial charge on any atom is -0.462 e. The molecule has 2 aromatic heterocycles. The number of aryl methyl sites for hydroxylation is 1. The van der Waals surface area contributed by atoms with Crippen LogP contribution in [0.15, 0.2) is 4.79 Å². The molecule has 0 saturated carbocycles. The minimum absolute atomic E-state index is 0.281. The first kappa shape index (κ1) is 14.0. The summed E-state index contributed by atoms with van der Waals surface area (Å²) in [5.74, 6) is -0.0290. The summed E-state index contributed by atoms with van der Waals surface area (Å²) in [4.78, 5) is 31.6. The summed E-state index contributed by atoms with van der Waals surface area (Å²) < 4.78 is 4.96. The number of nitrogens with zero attached hydrogens (tertiary/aromatic N) is 1. The molecule has 0 amide bonds. The fraction of sp³-hybridized carbons (Fsp3) is 0.417. The van der Waals surface area contributed by atoms with Gasteiger partial charge < -0.3 is 9.72 Å². The van der Waals surface area contributed by atoms with Gasteiger partial charge in [0.2, 0.25) is 0 Å². The average molecular weight is 301 g/mol. The number of ether oxygens (including phenoxy) is 1. The zero-order chi connectivity index (χ0) is 14.2. The largest absolute Gasteiger partial charge is 0.462 e. The molecule has 0 unspecified atom stereocenters. The highest BCUT2D eigenvalue weighted by molar-refractivity contribution is 7.20. The SMILES string of the molecule is CCOC(=O)c1sc2nc([C@H](C)Cl)[nH]c(=O)c2c1C. The Labute approximate surface area is 118 Å². The molecule has 1 atom stereocenters. The van der Waals surface area contributed by atoms with E-state index in [9.17, 15) is 9.59 Å². The minimum atomic E-state index is -0.428. The van der Waals surface area contributed by atoms with Gasteiger partial charge in [-0.2, -0.15) is 0 Å². The third kappa shape index (κ3) is 2.50. The molecular weight excluding hydrogens is 288 g/mol. The third-order valence-electron chi connectivity index (χ3n) is 2.66. The molecule has 0 aromatic carbocycles. The molecule has 2 aromatic rings. The van der Waals surface area contributed by atoms with Crippen LogP contribution in [0.25, 0.3) is 10.2 Å². The lowest BCUT2D eigenvalue weighted by Crippen LogP contribution is -2.12. The summed E-state index contributed by atoms with van der Waals surface area (Å²) in [5, 5.41) is 0.0275. The molecular formula is C12H13ClN2O3S. The molecule has 0 spiro atoms. The van der Waals surface area contributed by atoms with Gasteiger partial charge in [-0.25, -0.2) is 9.78 Å². The Morgan fingerprint density at radius 3 is 2.84 bits per heavy atom. The molecule has 2 rings (SSSR count). The fourth-order valence-electron chi connectivity index (χ4n) is 1.74. The summed E-state index contributed by atoms with van der Waals surface area (Å²) >= 11 is 7.07. The number of carbonyl (C=O) groups excluding carboxylic acids is 1. The summed E-state index contributed by atoms with van der Waals surface area (Å²) in [5.41, 5.74) is 0.317. The van der Waals surface area contributed by atoms with Crippen LogP contribution < -0.4 is 5.56 Å². The first-order chi connectivity index (χ1) is 8.95. The van der Waals surface area contributed by atoms with E-state index in [0.29, 0.717) is 33.1 Å². The van der Waals surface area contributed by atoms with E-state index in [1.807, 2.05) is 0 Å². The highest BCUT2D eigenvalue weighted by Crippen LogP contribution is 2.28. The Morgan fingerprint density at radius 2 is 2.26 bits per heavy atom. The maximum absolute atomic E-state index is 12.0. The van der Waals surface area contributed by atoms with Gasteiger partial charge in [0, 0.05) is 0 Å². The molecule has 19 heavy (non-hydrogen) atoms. The Balaban J connectivity index is 2.66. The number of esters is 1. The first-order valence-electron chi connectivity index (χ1n) is 5.80. The van der Waals surface area contributed by atoms with E-state index in [4.69, 9.17) is 16.3 Å². The van der Waals surface area contributed by atoms with Crippen molar-refractivity contribution in [3.63, 3.8) is 0 Å². The monoisotopic (exact) mass is 300 g/mol. The van der Waals surface area contributed by atoms with Crippen molar-refractivity contribution >= 4 is 39.1 Å². The highest BCUT2D eigenvalue weighted by atomic mass is 35.5. The summed E-state index contributed by atoms with van der Waals surface area (Å²) in [6.07, 6.45) is 0. The van der Waals surface area contributed by atoms with Crippen LogP contribution in [-0.4, -0.2) is 22.5 Å². The predicted octanol–water partition coefficient (Wildman–Crippen LogP) is 2.77. The average Bonchev–Trinajstić information content (AvgIpc) is 2.67. The van der Waals surface area contributed by atoms with Crippen molar-refractivity contribution in [3.8, 4) is 0 Å². The number of carbonyl (C=O) groups is 1.